The second kappa shape index (κ2) is 9.94. The largest absolute Gasteiger partial charge is 0.479 e. The Labute approximate surface area is 183 Å². The highest BCUT2D eigenvalue weighted by Gasteiger charge is 2.25. The fourth-order valence-corrected chi connectivity index (χ4v) is 3.56. The minimum atomic E-state index is -1.04. The Morgan fingerprint density at radius 2 is 1.94 bits per heavy atom. The number of rotatable bonds is 7. The molecule has 1 fully saturated rings. The second-order valence-corrected chi connectivity index (χ2v) is 7.63. The van der Waals surface area contributed by atoms with Gasteiger partial charge >= 0.3 is 5.97 Å². The number of carboxylic acids is 1. The third-order valence-corrected chi connectivity index (χ3v) is 5.10. The molecular weight excluding hydrogens is 418 g/mol. The number of ether oxygens (including phenoxy) is 1. The van der Waals surface area contributed by atoms with E-state index < -0.39 is 12.1 Å². The summed E-state index contributed by atoms with van der Waals surface area (Å²) in [6.07, 6.45) is 0.987. The Bertz CT molecular complexity index is 1060. The minimum Gasteiger partial charge on any atom is -0.479 e. The van der Waals surface area contributed by atoms with Gasteiger partial charge in [0.2, 0.25) is 5.91 Å². The Morgan fingerprint density at radius 1 is 1.23 bits per heavy atom. The second-order valence-electron chi connectivity index (χ2n) is 6.60. The molecule has 0 spiro atoms. The van der Waals surface area contributed by atoms with Gasteiger partial charge in [-0.1, -0.05) is 25.1 Å². The van der Waals surface area contributed by atoms with Crippen molar-refractivity contribution in [1.29, 1.82) is 0 Å². The highest BCUT2D eigenvalue weighted by Crippen LogP contribution is 2.31. The molecule has 0 saturated carbocycles. The van der Waals surface area contributed by atoms with E-state index in [0.29, 0.717) is 39.2 Å². The number of hydrogen-bond acceptors (Lipinski definition) is 6. The molecule has 160 valence electrons. The lowest BCUT2D eigenvalue weighted by molar-refractivity contribution is -0.145. The van der Waals surface area contributed by atoms with Crippen molar-refractivity contribution in [2.45, 2.75) is 26.4 Å². The summed E-state index contributed by atoms with van der Waals surface area (Å²) < 4.78 is 5.62. The van der Waals surface area contributed by atoms with Gasteiger partial charge in [-0.05, 0) is 54.6 Å². The summed E-state index contributed by atoms with van der Waals surface area (Å²) in [5.74, 6) is -1.13. The van der Waals surface area contributed by atoms with Crippen LogP contribution in [0.1, 0.15) is 25.8 Å². The average molecular weight is 439 g/mol. The van der Waals surface area contributed by atoms with Crippen molar-refractivity contribution in [3.63, 3.8) is 0 Å². The topological polar surface area (TPSA) is 117 Å². The molecule has 1 heterocycles. The van der Waals surface area contributed by atoms with Crippen molar-refractivity contribution in [2.75, 3.05) is 5.32 Å². The molecule has 1 aliphatic rings. The van der Waals surface area contributed by atoms with Gasteiger partial charge in [0.25, 0.3) is 5.91 Å². The number of carboxylic acid groups (broad SMARTS) is 1. The lowest BCUT2D eigenvalue weighted by Crippen LogP contribution is -2.26. The van der Waals surface area contributed by atoms with E-state index in [-0.39, 0.29) is 11.8 Å². The molecule has 0 bridgehead atoms. The SMILES string of the molecule is CCC(Oc1ccccc1/C=C1/SC(=Nc2ccc(NC(C)=O)cc2)NC1=O)C(=O)O. The van der Waals surface area contributed by atoms with E-state index in [1.54, 1.807) is 61.5 Å². The highest BCUT2D eigenvalue weighted by molar-refractivity contribution is 8.18. The standard InChI is InChI=1S/C22H21N3O5S/c1-3-17(21(28)29)30-18-7-5-4-6-14(18)12-19-20(27)25-22(31-19)24-16-10-8-15(9-11-16)23-13(2)26/h4-12,17H,3H2,1-2H3,(H,23,26)(H,28,29)(H,24,25,27)/b19-12+. The number of carbonyl (C=O) groups is 3. The predicted octanol–water partition coefficient (Wildman–Crippen LogP) is 3.78. The van der Waals surface area contributed by atoms with Gasteiger partial charge in [0.1, 0.15) is 5.75 Å². The highest BCUT2D eigenvalue weighted by atomic mass is 32.2. The van der Waals surface area contributed by atoms with Crippen LogP contribution in [0, 0.1) is 0 Å². The zero-order valence-electron chi connectivity index (χ0n) is 16.9. The summed E-state index contributed by atoms with van der Waals surface area (Å²) in [7, 11) is 0. The number of nitrogens with one attached hydrogen (secondary N) is 2. The number of aliphatic carboxylic acids is 1. The molecule has 9 heteroatoms. The first-order valence-electron chi connectivity index (χ1n) is 9.51. The molecule has 0 radical (unpaired) electrons. The predicted molar refractivity (Wildman–Crippen MR) is 120 cm³/mol. The number of nitrogens with zero attached hydrogens (tertiary/aromatic N) is 1. The number of benzene rings is 2. The van der Waals surface area contributed by atoms with E-state index in [0.717, 1.165) is 0 Å². The summed E-state index contributed by atoms with van der Waals surface area (Å²) in [5, 5.41) is 15.0. The Hall–Kier alpha value is -3.59. The quantitative estimate of drug-likeness (QED) is 0.565. The van der Waals surface area contributed by atoms with Gasteiger partial charge in [0, 0.05) is 18.2 Å². The van der Waals surface area contributed by atoms with Crippen molar-refractivity contribution in [1.82, 2.24) is 5.32 Å². The first-order chi connectivity index (χ1) is 14.9. The molecule has 3 N–H and O–H groups in total. The Kier molecular flexibility index (Phi) is 7.09. The van der Waals surface area contributed by atoms with Crippen LogP contribution in [0.5, 0.6) is 5.75 Å². The van der Waals surface area contributed by atoms with E-state index in [2.05, 4.69) is 15.6 Å². The third kappa shape index (κ3) is 5.95. The van der Waals surface area contributed by atoms with E-state index in [4.69, 9.17) is 4.74 Å². The number of aliphatic imine (C=N–C) groups is 1. The summed E-state index contributed by atoms with van der Waals surface area (Å²) in [4.78, 5) is 39.6. The Balaban J connectivity index is 1.78. The van der Waals surface area contributed by atoms with Crippen LogP contribution >= 0.6 is 11.8 Å². The molecule has 2 amide bonds. The van der Waals surface area contributed by atoms with Gasteiger partial charge < -0.3 is 20.5 Å². The van der Waals surface area contributed by atoms with Crippen LogP contribution in [0.2, 0.25) is 0 Å². The van der Waals surface area contributed by atoms with Crippen LogP contribution < -0.4 is 15.4 Å². The molecule has 1 saturated heterocycles. The zero-order valence-corrected chi connectivity index (χ0v) is 17.7. The molecular formula is C22H21N3O5S. The van der Waals surface area contributed by atoms with Crippen molar-refractivity contribution in [2.24, 2.45) is 4.99 Å². The monoisotopic (exact) mass is 439 g/mol. The fraction of sp³-hybridized carbons (Fsp3) is 0.182. The smallest absolute Gasteiger partial charge is 0.344 e. The number of amides is 2. The van der Waals surface area contributed by atoms with Gasteiger partial charge in [-0.2, -0.15) is 0 Å². The van der Waals surface area contributed by atoms with Crippen LogP contribution in [0.15, 0.2) is 58.4 Å². The van der Waals surface area contributed by atoms with Gasteiger partial charge in [-0.25, -0.2) is 9.79 Å². The number of para-hydroxylation sites is 1. The average Bonchev–Trinajstić information content (AvgIpc) is 3.06. The van der Waals surface area contributed by atoms with Crippen molar-refractivity contribution in [3.05, 3.63) is 59.0 Å². The molecule has 1 atom stereocenters. The first kappa shape index (κ1) is 22.1. The normalized spacial score (nSPS) is 16.8. The van der Waals surface area contributed by atoms with Crippen LogP contribution in [0.3, 0.4) is 0 Å². The van der Waals surface area contributed by atoms with Gasteiger partial charge in [0.05, 0.1) is 10.6 Å². The van der Waals surface area contributed by atoms with Crippen molar-refractivity contribution >= 4 is 52.2 Å². The summed E-state index contributed by atoms with van der Waals surface area (Å²) in [6.45, 7) is 3.16. The number of thioether (sulfide) groups is 1. The first-order valence-corrected chi connectivity index (χ1v) is 10.3. The van der Waals surface area contributed by atoms with Gasteiger partial charge in [-0.15, -0.1) is 0 Å². The molecule has 0 aromatic heterocycles. The van der Waals surface area contributed by atoms with Crippen LogP contribution in [0.25, 0.3) is 6.08 Å². The number of amidine groups is 1. The molecule has 2 aromatic rings. The lowest BCUT2D eigenvalue weighted by atomic mass is 10.1. The molecule has 31 heavy (non-hydrogen) atoms. The van der Waals surface area contributed by atoms with Crippen LogP contribution in [-0.2, 0) is 14.4 Å². The number of anilines is 1. The Morgan fingerprint density at radius 3 is 2.58 bits per heavy atom. The number of carbonyl (C=O) groups excluding carboxylic acids is 2. The van der Waals surface area contributed by atoms with E-state index in [1.807, 2.05) is 0 Å². The third-order valence-electron chi connectivity index (χ3n) is 4.19. The van der Waals surface area contributed by atoms with Crippen molar-refractivity contribution < 1.29 is 24.2 Å². The maximum Gasteiger partial charge on any atom is 0.344 e. The molecule has 0 aliphatic carbocycles. The van der Waals surface area contributed by atoms with E-state index in [1.165, 1.54) is 18.7 Å². The van der Waals surface area contributed by atoms with Gasteiger partial charge in [-0.3, -0.25) is 9.59 Å². The molecule has 2 aromatic carbocycles. The molecule has 1 unspecified atom stereocenters. The summed E-state index contributed by atoms with van der Waals surface area (Å²) in [5.41, 5.74) is 1.87. The maximum absolute atomic E-state index is 12.4. The summed E-state index contributed by atoms with van der Waals surface area (Å²) >= 11 is 1.17. The lowest BCUT2D eigenvalue weighted by Gasteiger charge is -2.15. The molecule has 3 rings (SSSR count). The molecule has 1 aliphatic heterocycles. The van der Waals surface area contributed by atoms with E-state index >= 15 is 0 Å². The minimum absolute atomic E-state index is 0.162. The summed E-state index contributed by atoms with van der Waals surface area (Å²) in [6, 6.07) is 13.8. The van der Waals surface area contributed by atoms with Crippen LogP contribution in [-0.4, -0.2) is 34.2 Å². The zero-order chi connectivity index (χ0) is 22.4. The van der Waals surface area contributed by atoms with Gasteiger partial charge in [0.15, 0.2) is 11.3 Å². The van der Waals surface area contributed by atoms with Crippen LogP contribution in [0.4, 0.5) is 11.4 Å². The molecule has 8 nitrogen and oxygen atoms in total. The maximum atomic E-state index is 12.4. The fourth-order valence-electron chi connectivity index (χ4n) is 2.73. The van der Waals surface area contributed by atoms with Crippen molar-refractivity contribution in [3.8, 4) is 5.75 Å². The van der Waals surface area contributed by atoms with E-state index in [9.17, 15) is 19.5 Å². The number of hydrogen-bond donors (Lipinski definition) is 3.